The lowest BCUT2D eigenvalue weighted by Crippen LogP contribution is -2.00. The first-order valence-corrected chi connectivity index (χ1v) is 8.64. The molecule has 0 bridgehead atoms. The number of rotatable bonds is 5. The fourth-order valence-corrected chi connectivity index (χ4v) is 3.06. The van der Waals surface area contributed by atoms with Gasteiger partial charge in [-0.05, 0) is 36.4 Å². The van der Waals surface area contributed by atoms with Gasteiger partial charge in [-0.2, -0.15) is 0 Å². The summed E-state index contributed by atoms with van der Waals surface area (Å²) in [6, 6.07) is 11.9. The van der Waals surface area contributed by atoms with Crippen LogP contribution in [0.5, 0.6) is 11.5 Å². The molecule has 0 unspecified atom stereocenters. The van der Waals surface area contributed by atoms with Gasteiger partial charge >= 0.3 is 0 Å². The Balaban J connectivity index is 2.18. The van der Waals surface area contributed by atoms with Crippen molar-refractivity contribution in [3.8, 4) is 11.5 Å². The summed E-state index contributed by atoms with van der Waals surface area (Å²) in [6.07, 6.45) is 0. The molecule has 0 fully saturated rings. The average molecular weight is 465 g/mol. The fourth-order valence-electron chi connectivity index (χ4n) is 1.81. The lowest BCUT2D eigenvalue weighted by Gasteiger charge is -2.13. The second kappa shape index (κ2) is 7.48. The third kappa shape index (κ3) is 3.99. The number of ether oxygens (including phenoxy) is 2. The summed E-state index contributed by atoms with van der Waals surface area (Å²) in [4.78, 5) is 0. The van der Waals surface area contributed by atoms with Crippen molar-refractivity contribution < 1.29 is 9.47 Å². The minimum Gasteiger partial charge on any atom is -0.496 e. The highest BCUT2D eigenvalue weighted by atomic mass is 79.9. The Morgan fingerprint density at radius 3 is 2.10 bits per heavy atom. The molecule has 0 N–H and O–H groups in total. The number of hydrogen-bond donors (Lipinski definition) is 0. The van der Waals surface area contributed by atoms with Crippen LogP contribution in [0.1, 0.15) is 11.1 Å². The van der Waals surface area contributed by atoms with Crippen LogP contribution in [0.3, 0.4) is 0 Å². The number of benzene rings is 2. The maximum Gasteiger partial charge on any atom is 0.125 e. The molecule has 20 heavy (non-hydrogen) atoms. The maximum absolute atomic E-state index is 5.91. The Kier molecular flexibility index (Phi) is 5.93. The van der Waals surface area contributed by atoms with Crippen LogP contribution in [-0.2, 0) is 11.9 Å². The van der Waals surface area contributed by atoms with Crippen molar-refractivity contribution >= 4 is 47.8 Å². The molecule has 0 heterocycles. The molecule has 2 aromatic carbocycles. The van der Waals surface area contributed by atoms with Gasteiger partial charge in [-0.3, -0.25) is 0 Å². The standard InChI is InChI=1S/C15H13Br3O2/c1-19-14-4-2-13(18)7-11(14)9-20-15-5-3-12(17)6-10(15)8-16/h2-7H,8-9H2,1H3. The zero-order chi connectivity index (χ0) is 14.5. The first-order valence-electron chi connectivity index (χ1n) is 5.93. The van der Waals surface area contributed by atoms with Gasteiger partial charge in [0.1, 0.15) is 18.1 Å². The van der Waals surface area contributed by atoms with Crippen molar-refractivity contribution in [2.45, 2.75) is 11.9 Å². The molecule has 0 aromatic heterocycles. The third-order valence-corrected chi connectivity index (χ3v) is 4.38. The second-order valence-electron chi connectivity index (χ2n) is 4.13. The van der Waals surface area contributed by atoms with Crippen LogP contribution < -0.4 is 9.47 Å². The molecule has 0 aliphatic rings. The van der Waals surface area contributed by atoms with Gasteiger partial charge < -0.3 is 9.47 Å². The molecule has 0 saturated carbocycles. The van der Waals surface area contributed by atoms with E-state index in [0.29, 0.717) is 6.61 Å². The molecule has 0 spiro atoms. The van der Waals surface area contributed by atoms with Gasteiger partial charge in [0.15, 0.2) is 0 Å². The summed E-state index contributed by atoms with van der Waals surface area (Å²) in [5.41, 5.74) is 2.11. The zero-order valence-corrected chi connectivity index (χ0v) is 15.6. The van der Waals surface area contributed by atoms with E-state index in [2.05, 4.69) is 47.8 Å². The quantitative estimate of drug-likeness (QED) is 0.529. The smallest absolute Gasteiger partial charge is 0.125 e. The van der Waals surface area contributed by atoms with E-state index in [1.54, 1.807) is 7.11 Å². The molecule has 0 aliphatic carbocycles. The molecule has 0 aliphatic heterocycles. The Hall–Kier alpha value is -0.520. The first-order chi connectivity index (χ1) is 9.63. The van der Waals surface area contributed by atoms with E-state index in [0.717, 1.165) is 36.9 Å². The summed E-state index contributed by atoms with van der Waals surface area (Å²) in [5, 5.41) is 0.747. The monoisotopic (exact) mass is 462 g/mol. The van der Waals surface area contributed by atoms with Gasteiger partial charge in [0.05, 0.1) is 7.11 Å². The van der Waals surface area contributed by atoms with Crippen molar-refractivity contribution in [2.24, 2.45) is 0 Å². The van der Waals surface area contributed by atoms with Crippen LogP contribution in [-0.4, -0.2) is 7.11 Å². The SMILES string of the molecule is COc1ccc(Br)cc1COc1ccc(Br)cc1CBr. The van der Waals surface area contributed by atoms with Gasteiger partial charge in [-0.25, -0.2) is 0 Å². The molecule has 5 heteroatoms. The van der Waals surface area contributed by atoms with Crippen molar-refractivity contribution in [2.75, 3.05) is 7.11 Å². The van der Waals surface area contributed by atoms with Gasteiger partial charge in [-0.1, -0.05) is 47.8 Å². The number of alkyl halides is 1. The first kappa shape index (κ1) is 15.9. The van der Waals surface area contributed by atoms with Crippen molar-refractivity contribution in [1.29, 1.82) is 0 Å². The fraction of sp³-hybridized carbons (Fsp3) is 0.200. The summed E-state index contributed by atoms with van der Waals surface area (Å²) < 4.78 is 13.3. The average Bonchev–Trinajstić information content (AvgIpc) is 2.46. The van der Waals surface area contributed by atoms with Crippen LogP contribution in [0, 0.1) is 0 Å². The molecule has 2 aromatic rings. The second-order valence-corrected chi connectivity index (χ2v) is 6.52. The van der Waals surface area contributed by atoms with E-state index in [9.17, 15) is 0 Å². The van der Waals surface area contributed by atoms with Gasteiger partial charge in [0.2, 0.25) is 0 Å². The predicted octanol–water partition coefficient (Wildman–Crippen LogP) is 5.69. The third-order valence-electron chi connectivity index (χ3n) is 2.79. The number of hydrogen-bond acceptors (Lipinski definition) is 2. The van der Waals surface area contributed by atoms with Crippen molar-refractivity contribution in [1.82, 2.24) is 0 Å². The van der Waals surface area contributed by atoms with Crippen LogP contribution in [0.4, 0.5) is 0 Å². The molecule has 0 radical (unpaired) electrons. The Morgan fingerprint density at radius 1 is 0.900 bits per heavy atom. The molecule has 0 amide bonds. The molecule has 0 atom stereocenters. The Labute approximate surface area is 143 Å². The van der Waals surface area contributed by atoms with E-state index in [4.69, 9.17) is 9.47 Å². The van der Waals surface area contributed by atoms with Crippen LogP contribution in [0.15, 0.2) is 45.3 Å². The van der Waals surface area contributed by atoms with Gasteiger partial charge in [-0.15, -0.1) is 0 Å². The van der Waals surface area contributed by atoms with Crippen LogP contribution in [0.2, 0.25) is 0 Å². The normalized spacial score (nSPS) is 10.4. The zero-order valence-electron chi connectivity index (χ0n) is 10.8. The topological polar surface area (TPSA) is 18.5 Å². The maximum atomic E-state index is 5.91. The van der Waals surface area contributed by atoms with E-state index < -0.39 is 0 Å². The summed E-state index contributed by atoms with van der Waals surface area (Å²) in [5.74, 6) is 1.69. The molecular formula is C15H13Br3O2. The molecule has 0 saturated heterocycles. The summed E-state index contributed by atoms with van der Waals surface area (Å²) in [7, 11) is 1.66. The van der Waals surface area contributed by atoms with E-state index in [1.165, 1.54) is 0 Å². The van der Waals surface area contributed by atoms with Crippen LogP contribution in [0.25, 0.3) is 0 Å². The lowest BCUT2D eigenvalue weighted by molar-refractivity contribution is 0.294. The predicted molar refractivity (Wildman–Crippen MR) is 91.8 cm³/mol. The number of methoxy groups -OCH3 is 1. The largest absolute Gasteiger partial charge is 0.496 e. The lowest BCUT2D eigenvalue weighted by atomic mass is 10.2. The summed E-state index contributed by atoms with van der Waals surface area (Å²) >= 11 is 10.4. The Bertz CT molecular complexity index is 600. The van der Waals surface area contributed by atoms with Gasteiger partial charge in [0.25, 0.3) is 0 Å². The molecular weight excluding hydrogens is 452 g/mol. The molecule has 106 valence electrons. The minimum atomic E-state index is 0.463. The van der Waals surface area contributed by atoms with Crippen LogP contribution >= 0.6 is 47.8 Å². The highest BCUT2D eigenvalue weighted by Gasteiger charge is 2.07. The van der Waals surface area contributed by atoms with Crippen molar-refractivity contribution in [3.63, 3.8) is 0 Å². The van der Waals surface area contributed by atoms with Gasteiger partial charge in [0, 0.05) is 25.4 Å². The van der Waals surface area contributed by atoms with Crippen molar-refractivity contribution in [3.05, 3.63) is 56.5 Å². The van der Waals surface area contributed by atoms with E-state index in [1.807, 2.05) is 36.4 Å². The highest BCUT2D eigenvalue weighted by molar-refractivity contribution is 9.10. The number of halogens is 3. The summed E-state index contributed by atoms with van der Waals surface area (Å²) in [6.45, 7) is 0.463. The van der Waals surface area contributed by atoms with E-state index in [-0.39, 0.29) is 0 Å². The highest BCUT2D eigenvalue weighted by Crippen LogP contribution is 2.28. The molecule has 2 rings (SSSR count). The van der Waals surface area contributed by atoms with E-state index >= 15 is 0 Å². The molecule has 2 nitrogen and oxygen atoms in total. The Morgan fingerprint density at radius 2 is 1.50 bits per heavy atom. The minimum absolute atomic E-state index is 0.463.